The van der Waals surface area contributed by atoms with Crippen LogP contribution in [0.4, 0.5) is 0 Å². The molecule has 1 saturated heterocycles. The van der Waals surface area contributed by atoms with Gasteiger partial charge in [-0.3, -0.25) is 4.90 Å². The van der Waals surface area contributed by atoms with Gasteiger partial charge >= 0.3 is 0 Å². The Hall–Kier alpha value is -1.76. The molecule has 136 valence electrons. The van der Waals surface area contributed by atoms with Crippen LogP contribution in [0.15, 0.2) is 43.2 Å². The van der Waals surface area contributed by atoms with Crippen molar-refractivity contribution in [3.8, 4) is 5.69 Å². The van der Waals surface area contributed by atoms with E-state index in [0.29, 0.717) is 6.04 Å². The van der Waals surface area contributed by atoms with E-state index in [2.05, 4.69) is 57.4 Å². The average Bonchev–Trinajstić information content (AvgIpc) is 3.16. The molecular formula is C18H27ClN6. The van der Waals surface area contributed by atoms with Crippen molar-refractivity contribution in [2.45, 2.75) is 25.8 Å². The first kappa shape index (κ1) is 19.6. The zero-order valence-electron chi connectivity index (χ0n) is 14.7. The van der Waals surface area contributed by atoms with Gasteiger partial charge in [-0.15, -0.1) is 24.1 Å². The molecule has 1 aromatic heterocycles. The summed E-state index contributed by atoms with van der Waals surface area (Å²) in [5, 5.41) is 14.9. The molecule has 25 heavy (non-hydrogen) atoms. The number of halogens is 1. The van der Waals surface area contributed by atoms with Crippen LogP contribution in [0.1, 0.15) is 31.4 Å². The number of hydrogen-bond donors (Lipinski definition) is 1. The van der Waals surface area contributed by atoms with E-state index in [9.17, 15) is 0 Å². The SMILES string of the molecule is C=CCN(CC1CCNCC1)C(C)c1cccc(-n2cnnn2)c1.Cl. The minimum atomic E-state index is 0. The summed E-state index contributed by atoms with van der Waals surface area (Å²) in [4.78, 5) is 2.52. The number of rotatable bonds is 7. The fourth-order valence-corrected chi connectivity index (χ4v) is 3.37. The summed E-state index contributed by atoms with van der Waals surface area (Å²) in [7, 11) is 0. The molecule has 0 saturated carbocycles. The van der Waals surface area contributed by atoms with Crippen molar-refractivity contribution in [3.05, 3.63) is 48.8 Å². The third-order valence-corrected chi connectivity index (χ3v) is 4.83. The predicted octanol–water partition coefficient (Wildman–Crippen LogP) is 2.63. The summed E-state index contributed by atoms with van der Waals surface area (Å²) in [6.07, 6.45) is 6.14. The lowest BCUT2D eigenvalue weighted by Crippen LogP contribution is -2.37. The molecule has 3 rings (SSSR count). The molecule has 7 heteroatoms. The van der Waals surface area contributed by atoms with E-state index in [-0.39, 0.29) is 12.4 Å². The molecule has 0 spiro atoms. The van der Waals surface area contributed by atoms with Crippen LogP contribution in [-0.4, -0.2) is 51.3 Å². The van der Waals surface area contributed by atoms with E-state index < -0.39 is 0 Å². The first-order valence-corrected chi connectivity index (χ1v) is 8.67. The minimum absolute atomic E-state index is 0. The molecule has 0 radical (unpaired) electrons. The highest BCUT2D eigenvalue weighted by Gasteiger charge is 2.21. The van der Waals surface area contributed by atoms with Gasteiger partial charge in [0.05, 0.1) is 5.69 Å². The van der Waals surface area contributed by atoms with Crippen LogP contribution in [0.5, 0.6) is 0 Å². The van der Waals surface area contributed by atoms with Gasteiger partial charge in [-0.1, -0.05) is 18.2 Å². The fourth-order valence-electron chi connectivity index (χ4n) is 3.37. The van der Waals surface area contributed by atoms with E-state index in [4.69, 9.17) is 0 Å². The fraction of sp³-hybridized carbons (Fsp3) is 0.500. The van der Waals surface area contributed by atoms with Gasteiger partial charge in [0.2, 0.25) is 0 Å². The second-order valence-electron chi connectivity index (χ2n) is 6.46. The molecule has 1 N–H and O–H groups in total. The molecular weight excluding hydrogens is 336 g/mol. The first-order chi connectivity index (χ1) is 11.8. The van der Waals surface area contributed by atoms with E-state index in [0.717, 1.165) is 37.8 Å². The van der Waals surface area contributed by atoms with Gasteiger partial charge < -0.3 is 5.32 Å². The number of aromatic nitrogens is 4. The summed E-state index contributed by atoms with van der Waals surface area (Å²) < 4.78 is 1.70. The van der Waals surface area contributed by atoms with Crippen molar-refractivity contribution in [2.75, 3.05) is 26.2 Å². The third kappa shape index (κ3) is 5.11. The molecule has 1 atom stereocenters. The average molecular weight is 363 g/mol. The highest BCUT2D eigenvalue weighted by atomic mass is 35.5. The molecule has 1 aliphatic rings. The second-order valence-corrected chi connectivity index (χ2v) is 6.46. The van der Waals surface area contributed by atoms with E-state index in [1.165, 1.54) is 18.4 Å². The Morgan fingerprint density at radius 1 is 1.40 bits per heavy atom. The van der Waals surface area contributed by atoms with Gasteiger partial charge in [-0.2, -0.15) is 0 Å². The van der Waals surface area contributed by atoms with E-state index in [1.54, 1.807) is 11.0 Å². The van der Waals surface area contributed by atoms with E-state index in [1.807, 2.05) is 12.1 Å². The van der Waals surface area contributed by atoms with E-state index >= 15 is 0 Å². The van der Waals surface area contributed by atoms with Gasteiger partial charge in [0, 0.05) is 19.1 Å². The molecule has 1 fully saturated rings. The minimum Gasteiger partial charge on any atom is -0.317 e. The molecule has 2 heterocycles. The molecule has 0 aliphatic carbocycles. The number of tetrazole rings is 1. The van der Waals surface area contributed by atoms with Gasteiger partial charge in [0.15, 0.2) is 0 Å². The Morgan fingerprint density at radius 3 is 2.88 bits per heavy atom. The smallest absolute Gasteiger partial charge is 0.143 e. The quantitative estimate of drug-likeness (QED) is 0.767. The Labute approximate surface area is 155 Å². The normalized spacial score (nSPS) is 16.4. The van der Waals surface area contributed by atoms with Crippen LogP contribution < -0.4 is 5.32 Å². The molecule has 1 aromatic carbocycles. The summed E-state index contributed by atoms with van der Waals surface area (Å²) in [5.74, 6) is 0.761. The van der Waals surface area contributed by atoms with Crippen molar-refractivity contribution in [2.24, 2.45) is 5.92 Å². The first-order valence-electron chi connectivity index (χ1n) is 8.67. The third-order valence-electron chi connectivity index (χ3n) is 4.83. The van der Waals surface area contributed by atoms with Crippen molar-refractivity contribution in [1.82, 2.24) is 30.4 Å². The highest BCUT2D eigenvalue weighted by Crippen LogP contribution is 2.25. The number of nitrogens with one attached hydrogen (secondary N) is 1. The van der Waals surface area contributed by atoms with Crippen molar-refractivity contribution >= 4 is 12.4 Å². The summed E-state index contributed by atoms with van der Waals surface area (Å²) >= 11 is 0. The molecule has 0 bridgehead atoms. The van der Waals surface area contributed by atoms with Crippen LogP contribution >= 0.6 is 12.4 Å². The van der Waals surface area contributed by atoms with Gasteiger partial charge in [-0.25, -0.2) is 4.68 Å². The largest absolute Gasteiger partial charge is 0.317 e. The van der Waals surface area contributed by atoms with Crippen molar-refractivity contribution < 1.29 is 0 Å². The number of nitrogens with zero attached hydrogens (tertiary/aromatic N) is 5. The molecule has 6 nitrogen and oxygen atoms in total. The van der Waals surface area contributed by atoms with Crippen LogP contribution in [0.3, 0.4) is 0 Å². The van der Waals surface area contributed by atoms with Crippen molar-refractivity contribution in [3.63, 3.8) is 0 Å². The lowest BCUT2D eigenvalue weighted by Gasteiger charge is -2.33. The van der Waals surface area contributed by atoms with Crippen LogP contribution in [-0.2, 0) is 0 Å². The number of benzene rings is 1. The molecule has 2 aromatic rings. The zero-order chi connectivity index (χ0) is 16.8. The topological polar surface area (TPSA) is 58.9 Å². The van der Waals surface area contributed by atoms with Gasteiger partial charge in [-0.05, 0) is 66.9 Å². The monoisotopic (exact) mass is 362 g/mol. The molecule has 0 amide bonds. The number of piperidine rings is 1. The summed E-state index contributed by atoms with van der Waals surface area (Å²) in [6, 6.07) is 8.77. The zero-order valence-corrected chi connectivity index (χ0v) is 15.5. The Bertz CT molecular complexity index is 639. The summed E-state index contributed by atoms with van der Waals surface area (Å²) in [5.41, 5.74) is 2.27. The molecule has 1 aliphatic heterocycles. The van der Waals surface area contributed by atoms with Crippen LogP contribution in [0.2, 0.25) is 0 Å². The van der Waals surface area contributed by atoms with Gasteiger partial charge in [0.1, 0.15) is 6.33 Å². The maximum Gasteiger partial charge on any atom is 0.143 e. The van der Waals surface area contributed by atoms with Crippen LogP contribution in [0.25, 0.3) is 5.69 Å². The maximum absolute atomic E-state index is 3.98. The number of hydrogen-bond acceptors (Lipinski definition) is 5. The van der Waals surface area contributed by atoms with Gasteiger partial charge in [0.25, 0.3) is 0 Å². The maximum atomic E-state index is 3.98. The predicted molar refractivity (Wildman–Crippen MR) is 102 cm³/mol. The summed E-state index contributed by atoms with van der Waals surface area (Å²) in [6.45, 7) is 10.5. The molecule has 1 unspecified atom stereocenters. The second kappa shape index (κ2) is 9.65. The highest BCUT2D eigenvalue weighted by molar-refractivity contribution is 5.85. The van der Waals surface area contributed by atoms with Crippen molar-refractivity contribution in [1.29, 1.82) is 0 Å². The lowest BCUT2D eigenvalue weighted by molar-refractivity contribution is 0.177. The Morgan fingerprint density at radius 2 is 2.20 bits per heavy atom. The standard InChI is InChI=1S/C18H26N6.ClH/c1-3-11-23(13-16-7-9-19-10-8-16)15(2)17-5-4-6-18(12-17)24-14-20-21-22-24;/h3-6,12,14-16,19H,1,7-11,13H2,2H3;1H. The Balaban J connectivity index is 0.00000225. The Kier molecular flexibility index (Phi) is 7.55. The lowest BCUT2D eigenvalue weighted by atomic mass is 9.96. The van der Waals surface area contributed by atoms with Crippen LogP contribution in [0, 0.1) is 5.92 Å².